The molecular weight excluding hydrogens is 282 g/mol. The number of ether oxygens (including phenoxy) is 2. The second-order valence-electron chi connectivity index (χ2n) is 5.50. The zero-order valence-corrected chi connectivity index (χ0v) is 11.3. The van der Waals surface area contributed by atoms with Gasteiger partial charge < -0.3 is 20.5 Å². The average molecular weight is 298 g/mol. The summed E-state index contributed by atoms with van der Waals surface area (Å²) in [5.41, 5.74) is 5.58. The third kappa shape index (κ3) is 2.78. The van der Waals surface area contributed by atoms with Crippen molar-refractivity contribution in [1.82, 2.24) is 0 Å². The van der Waals surface area contributed by atoms with Gasteiger partial charge in [-0.25, -0.2) is 0 Å². The van der Waals surface area contributed by atoms with Crippen molar-refractivity contribution in [3.63, 3.8) is 0 Å². The van der Waals surface area contributed by atoms with Crippen molar-refractivity contribution in [2.45, 2.75) is 43.9 Å². The van der Waals surface area contributed by atoms with Gasteiger partial charge in [-0.1, -0.05) is 19.3 Å². The smallest absolute Gasteiger partial charge is 0.395 e. The summed E-state index contributed by atoms with van der Waals surface area (Å²) in [6.07, 6.45) is 0.492. The van der Waals surface area contributed by atoms with Gasteiger partial charge in [0.15, 0.2) is 11.5 Å². The predicted octanol–water partition coefficient (Wildman–Crippen LogP) is 2.61. The van der Waals surface area contributed by atoms with Crippen LogP contribution in [0.3, 0.4) is 0 Å². The fraction of sp³-hybridized carbons (Fsp3) is 0.500. The summed E-state index contributed by atoms with van der Waals surface area (Å²) < 4.78 is 34.5. The largest absolute Gasteiger partial charge is 0.586 e. The maximum Gasteiger partial charge on any atom is 0.586 e. The first kappa shape index (κ1) is 14.1. The van der Waals surface area contributed by atoms with E-state index in [1.165, 1.54) is 18.2 Å². The minimum atomic E-state index is -3.66. The quantitative estimate of drug-likeness (QED) is 0.880. The maximum absolute atomic E-state index is 12.9. The summed E-state index contributed by atoms with van der Waals surface area (Å²) in [6.45, 7) is 0. The fourth-order valence-electron chi connectivity index (χ4n) is 2.69. The van der Waals surface area contributed by atoms with E-state index in [2.05, 4.69) is 14.8 Å². The second kappa shape index (κ2) is 4.84. The minimum absolute atomic E-state index is 0.0573. The molecule has 1 amide bonds. The van der Waals surface area contributed by atoms with Crippen LogP contribution in [-0.4, -0.2) is 17.7 Å². The number of benzene rings is 1. The van der Waals surface area contributed by atoms with Gasteiger partial charge in [-0.2, -0.15) is 0 Å². The average Bonchev–Trinajstić information content (AvgIpc) is 2.72. The van der Waals surface area contributed by atoms with Crippen LogP contribution >= 0.6 is 0 Å². The normalized spacial score (nSPS) is 21.9. The van der Waals surface area contributed by atoms with E-state index in [-0.39, 0.29) is 17.4 Å². The Labute approximate surface area is 120 Å². The van der Waals surface area contributed by atoms with Crippen LogP contribution in [-0.2, 0) is 4.79 Å². The van der Waals surface area contributed by atoms with E-state index in [0.717, 1.165) is 19.3 Å². The van der Waals surface area contributed by atoms with Crippen molar-refractivity contribution < 1.29 is 23.0 Å². The fourth-order valence-corrected chi connectivity index (χ4v) is 2.69. The van der Waals surface area contributed by atoms with Gasteiger partial charge in [-0.05, 0) is 25.0 Å². The molecule has 21 heavy (non-hydrogen) atoms. The van der Waals surface area contributed by atoms with Crippen LogP contribution in [0, 0.1) is 0 Å². The second-order valence-corrected chi connectivity index (χ2v) is 5.50. The summed E-state index contributed by atoms with van der Waals surface area (Å²) in [5.74, 6) is -0.460. The number of alkyl halides is 2. The van der Waals surface area contributed by atoms with E-state index in [0.29, 0.717) is 18.5 Å². The number of fused-ring (bicyclic) bond motifs is 1. The molecule has 0 unspecified atom stereocenters. The number of nitrogens with two attached hydrogens (primary N) is 1. The molecule has 1 aliphatic carbocycles. The number of anilines is 1. The standard InChI is InChI=1S/C14H16F2N2O3/c15-14(16)20-10-5-4-9(8-11(10)21-14)18-12(19)13(17)6-2-1-3-7-13/h4-5,8H,1-3,6-7,17H2,(H,18,19). The van der Waals surface area contributed by atoms with E-state index < -0.39 is 11.8 Å². The lowest BCUT2D eigenvalue weighted by atomic mass is 9.82. The lowest BCUT2D eigenvalue weighted by molar-refractivity contribution is -0.286. The van der Waals surface area contributed by atoms with E-state index in [1.54, 1.807) is 0 Å². The number of nitrogens with one attached hydrogen (secondary N) is 1. The zero-order valence-electron chi connectivity index (χ0n) is 11.3. The highest BCUT2D eigenvalue weighted by Crippen LogP contribution is 2.42. The van der Waals surface area contributed by atoms with Gasteiger partial charge >= 0.3 is 6.29 Å². The summed E-state index contributed by atoms with van der Waals surface area (Å²) in [7, 11) is 0. The Balaban J connectivity index is 1.73. The third-order valence-corrected chi connectivity index (χ3v) is 3.86. The molecule has 3 N–H and O–H groups in total. The van der Waals surface area contributed by atoms with Crippen LogP contribution < -0.4 is 20.5 Å². The van der Waals surface area contributed by atoms with E-state index >= 15 is 0 Å². The van der Waals surface area contributed by atoms with Crippen molar-refractivity contribution in [2.24, 2.45) is 5.73 Å². The molecule has 1 fully saturated rings. The van der Waals surface area contributed by atoms with Crippen LogP contribution in [0.4, 0.5) is 14.5 Å². The van der Waals surface area contributed by atoms with Gasteiger partial charge in [0.2, 0.25) is 5.91 Å². The topological polar surface area (TPSA) is 73.6 Å². The molecule has 0 saturated heterocycles. The van der Waals surface area contributed by atoms with Crippen LogP contribution in [0.2, 0.25) is 0 Å². The van der Waals surface area contributed by atoms with Gasteiger partial charge in [0.25, 0.3) is 0 Å². The van der Waals surface area contributed by atoms with Gasteiger partial charge in [-0.15, -0.1) is 8.78 Å². The Morgan fingerprint density at radius 3 is 2.52 bits per heavy atom. The van der Waals surface area contributed by atoms with E-state index in [1.807, 2.05) is 0 Å². The van der Waals surface area contributed by atoms with Crippen LogP contribution in [0.15, 0.2) is 18.2 Å². The van der Waals surface area contributed by atoms with Crippen molar-refractivity contribution >= 4 is 11.6 Å². The Hall–Kier alpha value is -1.89. The third-order valence-electron chi connectivity index (χ3n) is 3.86. The molecule has 0 aromatic heterocycles. The van der Waals surface area contributed by atoms with Crippen LogP contribution in [0.5, 0.6) is 11.5 Å². The molecule has 1 saturated carbocycles. The van der Waals surface area contributed by atoms with E-state index in [9.17, 15) is 13.6 Å². The molecule has 1 heterocycles. The number of carbonyl (C=O) groups is 1. The SMILES string of the molecule is NC1(C(=O)Nc2ccc3c(c2)OC(F)(F)O3)CCCCC1. The summed E-state index contributed by atoms with van der Waals surface area (Å²) in [6, 6.07) is 4.12. The summed E-state index contributed by atoms with van der Waals surface area (Å²) >= 11 is 0. The molecule has 1 aromatic rings. The Morgan fingerprint density at radius 1 is 1.14 bits per heavy atom. The molecule has 0 bridgehead atoms. The van der Waals surface area contributed by atoms with E-state index in [4.69, 9.17) is 5.73 Å². The van der Waals surface area contributed by atoms with Crippen molar-refractivity contribution in [3.05, 3.63) is 18.2 Å². The molecule has 0 atom stereocenters. The number of carbonyl (C=O) groups excluding carboxylic acids is 1. The number of hydrogen-bond acceptors (Lipinski definition) is 4. The molecule has 0 spiro atoms. The first-order valence-electron chi connectivity index (χ1n) is 6.88. The summed E-state index contributed by atoms with van der Waals surface area (Å²) in [4.78, 5) is 12.3. The molecular formula is C14H16F2N2O3. The maximum atomic E-state index is 12.9. The van der Waals surface area contributed by atoms with Gasteiger partial charge in [0.05, 0.1) is 5.54 Å². The lowest BCUT2D eigenvalue weighted by Crippen LogP contribution is -2.52. The number of rotatable bonds is 2. The van der Waals surface area contributed by atoms with Crippen molar-refractivity contribution in [1.29, 1.82) is 0 Å². The highest BCUT2D eigenvalue weighted by Gasteiger charge is 2.43. The van der Waals surface area contributed by atoms with Crippen molar-refractivity contribution in [2.75, 3.05) is 5.32 Å². The highest BCUT2D eigenvalue weighted by molar-refractivity contribution is 5.98. The van der Waals surface area contributed by atoms with Crippen molar-refractivity contribution in [3.8, 4) is 11.5 Å². The Bertz CT molecular complexity index is 571. The Kier molecular flexibility index (Phi) is 3.24. The number of halogens is 2. The predicted molar refractivity (Wildman–Crippen MR) is 71.3 cm³/mol. The molecule has 7 heteroatoms. The number of hydrogen-bond donors (Lipinski definition) is 2. The van der Waals surface area contributed by atoms with Gasteiger partial charge in [0, 0.05) is 11.8 Å². The molecule has 3 rings (SSSR count). The zero-order chi connectivity index (χ0) is 15.1. The van der Waals surface area contributed by atoms with Gasteiger partial charge in [0.1, 0.15) is 0 Å². The monoisotopic (exact) mass is 298 g/mol. The van der Waals surface area contributed by atoms with Crippen LogP contribution in [0.25, 0.3) is 0 Å². The summed E-state index contributed by atoms with van der Waals surface area (Å²) in [5, 5.41) is 2.66. The molecule has 114 valence electrons. The lowest BCUT2D eigenvalue weighted by Gasteiger charge is -2.31. The highest BCUT2D eigenvalue weighted by atomic mass is 19.3. The van der Waals surface area contributed by atoms with Crippen LogP contribution in [0.1, 0.15) is 32.1 Å². The molecule has 5 nitrogen and oxygen atoms in total. The van der Waals surface area contributed by atoms with Gasteiger partial charge in [-0.3, -0.25) is 4.79 Å². The molecule has 2 aliphatic rings. The first-order chi connectivity index (χ1) is 9.88. The number of amides is 1. The minimum Gasteiger partial charge on any atom is -0.395 e. The molecule has 1 aliphatic heterocycles. The molecule has 1 aromatic carbocycles. The Morgan fingerprint density at radius 2 is 1.81 bits per heavy atom. The first-order valence-corrected chi connectivity index (χ1v) is 6.88. The molecule has 0 radical (unpaired) electrons.